The Hall–Kier alpha value is -2.29. The van der Waals surface area contributed by atoms with E-state index in [-0.39, 0.29) is 22.1 Å². The fourth-order valence-corrected chi connectivity index (χ4v) is 3.08. The summed E-state index contributed by atoms with van der Waals surface area (Å²) in [5.41, 5.74) is 5.41. The molecule has 11 heteroatoms. The Morgan fingerprint density at radius 2 is 1.92 bits per heavy atom. The summed E-state index contributed by atoms with van der Waals surface area (Å²) < 4.78 is 2.65. The predicted octanol–water partition coefficient (Wildman–Crippen LogP) is 2.23. The molecular formula is C14H11Cl3N6O2. The molecule has 2 aromatic heterocycles. The molecule has 0 fully saturated rings. The molecule has 2 N–H and O–H groups in total. The van der Waals surface area contributed by atoms with Gasteiger partial charge in [-0.1, -0.05) is 34.8 Å². The number of amides is 1. The standard InChI is InChI=1S/C14H11Cl3N6O2/c1-22-13-8(4-19-22)14(25)23(6-18-13)5-11(24)20-21-12-9(16)2-7(15)3-10(12)17/h2-4,6,21H,5H2,1H3,(H,20,24). The van der Waals surface area contributed by atoms with Crippen LogP contribution in [0, 0.1) is 0 Å². The molecule has 2 heterocycles. The van der Waals surface area contributed by atoms with Gasteiger partial charge in [0.2, 0.25) is 0 Å². The lowest BCUT2D eigenvalue weighted by Crippen LogP contribution is -2.35. The van der Waals surface area contributed by atoms with Crippen molar-refractivity contribution < 1.29 is 4.79 Å². The van der Waals surface area contributed by atoms with Gasteiger partial charge in [-0.2, -0.15) is 5.10 Å². The summed E-state index contributed by atoms with van der Waals surface area (Å²) in [6.45, 7) is -0.244. The Morgan fingerprint density at radius 3 is 2.60 bits per heavy atom. The van der Waals surface area contributed by atoms with Crippen molar-refractivity contribution in [3.05, 3.63) is 50.1 Å². The van der Waals surface area contributed by atoms with E-state index in [1.807, 2.05) is 0 Å². The van der Waals surface area contributed by atoms with Crippen molar-refractivity contribution in [1.82, 2.24) is 24.8 Å². The molecule has 130 valence electrons. The first-order valence-corrected chi connectivity index (χ1v) is 8.06. The summed E-state index contributed by atoms with van der Waals surface area (Å²) in [6, 6.07) is 2.96. The van der Waals surface area contributed by atoms with E-state index in [9.17, 15) is 9.59 Å². The molecule has 0 aliphatic carbocycles. The molecule has 0 saturated carbocycles. The van der Waals surface area contributed by atoms with Crippen LogP contribution in [0.3, 0.4) is 0 Å². The highest BCUT2D eigenvalue weighted by Gasteiger charge is 2.12. The number of carbonyl (C=O) groups excluding carboxylic acids is 1. The van der Waals surface area contributed by atoms with Gasteiger partial charge >= 0.3 is 0 Å². The number of hydrogen-bond acceptors (Lipinski definition) is 5. The van der Waals surface area contributed by atoms with E-state index in [0.717, 1.165) is 0 Å². The number of fused-ring (bicyclic) bond motifs is 1. The first-order chi connectivity index (χ1) is 11.9. The summed E-state index contributed by atoms with van der Waals surface area (Å²) in [4.78, 5) is 28.5. The average molecular weight is 402 g/mol. The summed E-state index contributed by atoms with van der Waals surface area (Å²) in [5, 5.41) is 5.15. The maximum atomic E-state index is 12.3. The zero-order valence-corrected chi connectivity index (χ0v) is 15.0. The van der Waals surface area contributed by atoms with Gasteiger partial charge in [0.1, 0.15) is 18.3 Å². The van der Waals surface area contributed by atoms with Crippen LogP contribution in [-0.4, -0.2) is 25.2 Å². The fourth-order valence-electron chi connectivity index (χ4n) is 2.17. The largest absolute Gasteiger partial charge is 0.296 e. The van der Waals surface area contributed by atoms with Crippen molar-refractivity contribution in [2.24, 2.45) is 7.05 Å². The highest BCUT2D eigenvalue weighted by atomic mass is 35.5. The van der Waals surface area contributed by atoms with Crippen LogP contribution in [-0.2, 0) is 18.4 Å². The second-order valence-electron chi connectivity index (χ2n) is 5.10. The summed E-state index contributed by atoms with van der Waals surface area (Å²) in [7, 11) is 1.68. The van der Waals surface area contributed by atoms with Gasteiger partial charge in [0.15, 0.2) is 5.65 Å². The highest BCUT2D eigenvalue weighted by molar-refractivity contribution is 6.41. The lowest BCUT2D eigenvalue weighted by atomic mass is 10.3. The topological polar surface area (TPSA) is 93.8 Å². The number of hydrazine groups is 1. The maximum Gasteiger partial charge on any atom is 0.264 e. The van der Waals surface area contributed by atoms with Crippen molar-refractivity contribution >= 4 is 57.4 Å². The predicted molar refractivity (Wildman–Crippen MR) is 96.0 cm³/mol. The first-order valence-electron chi connectivity index (χ1n) is 6.93. The van der Waals surface area contributed by atoms with Gasteiger partial charge in [-0.3, -0.25) is 29.7 Å². The number of hydrogen-bond donors (Lipinski definition) is 2. The zero-order chi connectivity index (χ0) is 18.1. The monoisotopic (exact) mass is 400 g/mol. The molecule has 1 amide bonds. The van der Waals surface area contributed by atoms with Gasteiger partial charge < -0.3 is 0 Å². The van der Waals surface area contributed by atoms with Crippen molar-refractivity contribution in [3.63, 3.8) is 0 Å². The summed E-state index contributed by atoms with van der Waals surface area (Å²) in [6.07, 6.45) is 2.69. The van der Waals surface area contributed by atoms with E-state index in [2.05, 4.69) is 20.9 Å². The minimum atomic E-state index is -0.491. The highest BCUT2D eigenvalue weighted by Crippen LogP contribution is 2.32. The van der Waals surface area contributed by atoms with E-state index in [0.29, 0.717) is 21.7 Å². The van der Waals surface area contributed by atoms with E-state index in [1.165, 1.54) is 33.9 Å². The van der Waals surface area contributed by atoms with Crippen molar-refractivity contribution in [2.45, 2.75) is 6.54 Å². The number of aromatic nitrogens is 4. The molecule has 8 nitrogen and oxygen atoms in total. The average Bonchev–Trinajstić information content (AvgIpc) is 2.91. The molecule has 0 radical (unpaired) electrons. The van der Waals surface area contributed by atoms with Crippen LogP contribution in [0.15, 0.2) is 29.5 Å². The van der Waals surface area contributed by atoms with E-state index in [1.54, 1.807) is 7.05 Å². The third-order valence-corrected chi connectivity index (χ3v) is 4.18. The van der Waals surface area contributed by atoms with Crippen molar-refractivity contribution in [2.75, 3.05) is 5.43 Å². The molecule has 0 spiro atoms. The number of nitrogens with one attached hydrogen (secondary N) is 2. The van der Waals surface area contributed by atoms with Gasteiger partial charge in [-0.25, -0.2) is 4.98 Å². The normalized spacial score (nSPS) is 10.9. The van der Waals surface area contributed by atoms with Crippen LogP contribution in [0.4, 0.5) is 5.69 Å². The van der Waals surface area contributed by atoms with Crippen LogP contribution < -0.4 is 16.4 Å². The third-order valence-electron chi connectivity index (χ3n) is 3.37. The number of nitrogens with zero attached hydrogens (tertiary/aromatic N) is 4. The molecule has 0 unspecified atom stereocenters. The number of aryl methyl sites for hydroxylation is 1. The Labute approximate surface area is 156 Å². The quantitative estimate of drug-likeness (QED) is 0.654. The Bertz CT molecular complexity index is 1010. The van der Waals surface area contributed by atoms with Gasteiger partial charge in [-0.15, -0.1) is 0 Å². The van der Waals surface area contributed by atoms with Gasteiger partial charge in [0.05, 0.1) is 21.9 Å². The van der Waals surface area contributed by atoms with E-state index >= 15 is 0 Å². The van der Waals surface area contributed by atoms with Gasteiger partial charge in [-0.05, 0) is 12.1 Å². The number of halogens is 3. The molecule has 3 rings (SSSR count). The van der Waals surface area contributed by atoms with Crippen molar-refractivity contribution in [1.29, 1.82) is 0 Å². The maximum absolute atomic E-state index is 12.3. The number of rotatable bonds is 4. The number of carbonyl (C=O) groups is 1. The van der Waals surface area contributed by atoms with Crippen LogP contribution in [0.2, 0.25) is 15.1 Å². The first kappa shape index (κ1) is 17.5. The molecule has 0 aliphatic rings. The molecular weight excluding hydrogens is 391 g/mol. The lowest BCUT2D eigenvalue weighted by molar-refractivity contribution is -0.121. The molecule has 0 saturated heterocycles. The van der Waals surface area contributed by atoms with Crippen molar-refractivity contribution in [3.8, 4) is 0 Å². The number of benzene rings is 1. The summed E-state index contributed by atoms with van der Waals surface area (Å²) in [5.74, 6) is -0.491. The van der Waals surface area contributed by atoms with E-state index in [4.69, 9.17) is 34.8 Å². The van der Waals surface area contributed by atoms with Crippen LogP contribution in [0.25, 0.3) is 11.0 Å². The third kappa shape index (κ3) is 3.55. The minimum absolute atomic E-state index is 0.244. The van der Waals surface area contributed by atoms with E-state index < -0.39 is 5.91 Å². The van der Waals surface area contributed by atoms with Crippen LogP contribution in [0.1, 0.15) is 0 Å². The van der Waals surface area contributed by atoms with Gasteiger partial charge in [0, 0.05) is 12.1 Å². The molecule has 0 aliphatic heterocycles. The molecule has 0 bridgehead atoms. The number of anilines is 1. The Balaban J connectivity index is 1.73. The molecule has 25 heavy (non-hydrogen) atoms. The second kappa shape index (κ2) is 6.91. The minimum Gasteiger partial charge on any atom is -0.296 e. The summed E-state index contributed by atoms with van der Waals surface area (Å²) >= 11 is 17.9. The second-order valence-corrected chi connectivity index (χ2v) is 6.35. The smallest absolute Gasteiger partial charge is 0.264 e. The van der Waals surface area contributed by atoms with Gasteiger partial charge in [0.25, 0.3) is 11.5 Å². The lowest BCUT2D eigenvalue weighted by Gasteiger charge is -2.12. The Kier molecular flexibility index (Phi) is 4.85. The molecule has 3 aromatic rings. The Morgan fingerprint density at radius 1 is 1.24 bits per heavy atom. The van der Waals surface area contributed by atoms with Crippen LogP contribution >= 0.6 is 34.8 Å². The molecule has 1 aromatic carbocycles. The molecule has 0 atom stereocenters. The fraction of sp³-hybridized carbons (Fsp3) is 0.143. The SMILES string of the molecule is Cn1ncc2c(=O)n(CC(=O)NNc3c(Cl)cc(Cl)cc3Cl)cnc21. The zero-order valence-electron chi connectivity index (χ0n) is 12.8. The van der Waals surface area contributed by atoms with Crippen LogP contribution in [0.5, 0.6) is 0 Å².